The van der Waals surface area contributed by atoms with Crippen molar-refractivity contribution in [2.75, 3.05) is 20.2 Å². The van der Waals surface area contributed by atoms with E-state index in [1.165, 1.54) is 31.6 Å². The average molecular weight is 395 g/mol. The fraction of sp³-hybridized carbons (Fsp3) is 0.389. The first kappa shape index (κ1) is 19.0. The summed E-state index contributed by atoms with van der Waals surface area (Å²) in [6, 6.07) is 9.35. The van der Waals surface area contributed by atoms with E-state index in [0.717, 1.165) is 36.5 Å². The van der Waals surface area contributed by atoms with E-state index in [9.17, 15) is 13.2 Å². The van der Waals surface area contributed by atoms with Crippen molar-refractivity contribution in [1.82, 2.24) is 9.62 Å². The van der Waals surface area contributed by atoms with Crippen LogP contribution in [-0.4, -0.2) is 39.5 Å². The van der Waals surface area contributed by atoms with Crippen molar-refractivity contribution in [2.45, 2.75) is 30.8 Å². The van der Waals surface area contributed by atoms with Crippen molar-refractivity contribution in [3.63, 3.8) is 0 Å². The first-order valence-corrected chi connectivity index (χ1v) is 10.8. The van der Waals surface area contributed by atoms with Gasteiger partial charge in [-0.05, 0) is 48.5 Å². The number of ether oxygens (including phenoxy) is 1. The summed E-state index contributed by atoms with van der Waals surface area (Å²) >= 11 is 1.05. The molecule has 2 heterocycles. The number of benzene rings is 1. The van der Waals surface area contributed by atoms with E-state index in [4.69, 9.17) is 0 Å². The third kappa shape index (κ3) is 4.50. The van der Waals surface area contributed by atoms with Crippen molar-refractivity contribution in [3.05, 3.63) is 51.7 Å². The smallest absolute Gasteiger partial charge is 0.349 e. The molecule has 8 heteroatoms. The lowest BCUT2D eigenvalue weighted by Gasteiger charge is -2.14. The molecular weight excluding hydrogens is 372 g/mol. The normalized spacial score (nSPS) is 15.3. The van der Waals surface area contributed by atoms with Gasteiger partial charge in [0, 0.05) is 13.1 Å². The molecule has 1 N–H and O–H groups in total. The topological polar surface area (TPSA) is 75.7 Å². The number of hydrogen-bond acceptors (Lipinski definition) is 6. The Kier molecular flexibility index (Phi) is 6.08. The van der Waals surface area contributed by atoms with Crippen LogP contribution in [0.5, 0.6) is 0 Å². The Bertz CT molecular complexity index is 854. The standard InChI is InChI=1S/C18H22N2O4S2/c1-24-18(21)17-16(8-11-25-17)26(22,23)19-12-14-4-6-15(7-5-14)13-20-9-2-3-10-20/h4-8,11,19H,2-3,9-10,12-13H2,1H3. The highest BCUT2D eigenvalue weighted by Crippen LogP contribution is 2.23. The predicted octanol–water partition coefficient (Wildman–Crippen LogP) is 2.61. The molecule has 3 rings (SSSR count). The second-order valence-corrected chi connectivity index (χ2v) is 8.88. The SMILES string of the molecule is COC(=O)c1sccc1S(=O)(=O)NCc1ccc(CN2CCCC2)cc1. The molecule has 26 heavy (non-hydrogen) atoms. The lowest BCUT2D eigenvalue weighted by molar-refractivity contribution is 0.0602. The van der Waals surface area contributed by atoms with Gasteiger partial charge in [-0.25, -0.2) is 17.9 Å². The number of carbonyl (C=O) groups is 1. The summed E-state index contributed by atoms with van der Waals surface area (Å²) < 4.78 is 32.2. The molecule has 0 bridgehead atoms. The van der Waals surface area contributed by atoms with E-state index in [2.05, 4.69) is 14.4 Å². The summed E-state index contributed by atoms with van der Waals surface area (Å²) in [5, 5.41) is 1.56. The second kappa shape index (κ2) is 8.30. The number of nitrogens with one attached hydrogen (secondary N) is 1. The Balaban J connectivity index is 1.62. The zero-order chi connectivity index (χ0) is 18.6. The van der Waals surface area contributed by atoms with Gasteiger partial charge in [0.25, 0.3) is 0 Å². The molecule has 1 aliphatic heterocycles. The predicted molar refractivity (Wildman–Crippen MR) is 101 cm³/mol. The van der Waals surface area contributed by atoms with Crippen LogP contribution in [0.15, 0.2) is 40.6 Å². The number of rotatable bonds is 7. The van der Waals surface area contributed by atoms with Gasteiger partial charge in [-0.2, -0.15) is 0 Å². The molecule has 2 aromatic rings. The number of sulfonamides is 1. The van der Waals surface area contributed by atoms with Crippen LogP contribution in [0.1, 0.15) is 33.6 Å². The molecule has 0 radical (unpaired) electrons. The summed E-state index contributed by atoms with van der Waals surface area (Å²) in [7, 11) is -2.55. The van der Waals surface area contributed by atoms with Gasteiger partial charge in [0.2, 0.25) is 10.0 Å². The fourth-order valence-corrected chi connectivity index (χ4v) is 5.32. The minimum atomic E-state index is -3.78. The minimum Gasteiger partial charge on any atom is -0.465 e. The molecule has 6 nitrogen and oxygen atoms in total. The number of hydrogen-bond donors (Lipinski definition) is 1. The van der Waals surface area contributed by atoms with Gasteiger partial charge in [-0.15, -0.1) is 11.3 Å². The number of likely N-dealkylation sites (tertiary alicyclic amines) is 1. The van der Waals surface area contributed by atoms with Crippen molar-refractivity contribution in [1.29, 1.82) is 0 Å². The maximum absolute atomic E-state index is 12.5. The largest absolute Gasteiger partial charge is 0.465 e. The maximum atomic E-state index is 12.5. The first-order chi connectivity index (χ1) is 12.5. The third-order valence-corrected chi connectivity index (χ3v) is 6.85. The number of methoxy groups -OCH3 is 1. The van der Waals surface area contributed by atoms with Gasteiger partial charge in [0.1, 0.15) is 9.77 Å². The Hall–Kier alpha value is -1.74. The van der Waals surface area contributed by atoms with Crippen molar-refractivity contribution >= 4 is 27.3 Å². The second-order valence-electron chi connectivity index (χ2n) is 6.23. The van der Waals surface area contributed by atoms with Crippen LogP contribution in [0.25, 0.3) is 0 Å². The van der Waals surface area contributed by atoms with Gasteiger partial charge in [0.15, 0.2) is 0 Å². The van der Waals surface area contributed by atoms with Crippen molar-refractivity contribution < 1.29 is 17.9 Å². The zero-order valence-corrected chi connectivity index (χ0v) is 16.2. The van der Waals surface area contributed by atoms with Crippen LogP contribution in [0.2, 0.25) is 0 Å². The summed E-state index contributed by atoms with van der Waals surface area (Å²) in [5.74, 6) is -0.647. The Labute approximate surface area is 157 Å². The molecule has 1 aliphatic rings. The highest BCUT2D eigenvalue weighted by molar-refractivity contribution is 7.89. The quantitative estimate of drug-likeness (QED) is 0.731. The summed E-state index contributed by atoms with van der Waals surface area (Å²) in [4.78, 5) is 14.1. The van der Waals surface area contributed by atoms with Crippen LogP contribution in [0, 0.1) is 0 Å². The molecule has 0 saturated carbocycles. The number of nitrogens with zero attached hydrogens (tertiary/aromatic N) is 1. The number of thiophene rings is 1. The Morgan fingerprint density at radius 1 is 1.15 bits per heavy atom. The lowest BCUT2D eigenvalue weighted by atomic mass is 10.1. The minimum absolute atomic E-state index is 0.0417. The first-order valence-electron chi connectivity index (χ1n) is 8.45. The van der Waals surface area contributed by atoms with Gasteiger partial charge >= 0.3 is 5.97 Å². The summed E-state index contributed by atoms with van der Waals surface area (Å²) in [6.45, 7) is 3.39. The highest BCUT2D eigenvalue weighted by Gasteiger charge is 2.24. The molecule has 1 aromatic carbocycles. The average Bonchev–Trinajstić information content (AvgIpc) is 3.32. The molecule has 0 aliphatic carbocycles. The van der Waals surface area contributed by atoms with Crippen molar-refractivity contribution in [2.24, 2.45) is 0 Å². The fourth-order valence-electron chi connectivity index (χ4n) is 2.97. The van der Waals surface area contributed by atoms with E-state index in [0.29, 0.717) is 0 Å². The van der Waals surface area contributed by atoms with Crippen LogP contribution >= 0.6 is 11.3 Å². The van der Waals surface area contributed by atoms with Gasteiger partial charge in [-0.3, -0.25) is 4.90 Å². The van der Waals surface area contributed by atoms with Crippen LogP contribution in [-0.2, 0) is 27.8 Å². The molecule has 1 fully saturated rings. The highest BCUT2D eigenvalue weighted by atomic mass is 32.2. The van der Waals surface area contributed by atoms with E-state index in [-0.39, 0.29) is 16.3 Å². The lowest BCUT2D eigenvalue weighted by Crippen LogP contribution is -2.24. The van der Waals surface area contributed by atoms with Gasteiger partial charge < -0.3 is 4.74 Å². The van der Waals surface area contributed by atoms with Gasteiger partial charge in [0.05, 0.1) is 7.11 Å². The molecule has 0 atom stereocenters. The van der Waals surface area contributed by atoms with Gasteiger partial charge in [-0.1, -0.05) is 24.3 Å². The molecule has 1 saturated heterocycles. The molecule has 1 aromatic heterocycles. The number of carbonyl (C=O) groups excluding carboxylic acids is 1. The number of esters is 1. The van der Waals surface area contributed by atoms with E-state index in [1.54, 1.807) is 5.38 Å². The van der Waals surface area contributed by atoms with E-state index >= 15 is 0 Å². The van der Waals surface area contributed by atoms with E-state index < -0.39 is 16.0 Å². The van der Waals surface area contributed by atoms with Crippen molar-refractivity contribution in [3.8, 4) is 0 Å². The summed E-state index contributed by atoms with van der Waals surface area (Å²) in [5.41, 5.74) is 2.10. The summed E-state index contributed by atoms with van der Waals surface area (Å²) in [6.07, 6.45) is 2.52. The van der Waals surface area contributed by atoms with Crippen LogP contribution in [0.3, 0.4) is 0 Å². The maximum Gasteiger partial charge on any atom is 0.349 e. The Morgan fingerprint density at radius 2 is 1.81 bits per heavy atom. The van der Waals surface area contributed by atoms with Crippen LogP contribution < -0.4 is 4.72 Å². The third-order valence-electron chi connectivity index (χ3n) is 4.38. The monoisotopic (exact) mass is 394 g/mol. The molecule has 140 valence electrons. The Morgan fingerprint density at radius 3 is 2.46 bits per heavy atom. The molecule has 0 spiro atoms. The molecular formula is C18H22N2O4S2. The van der Waals surface area contributed by atoms with Crippen LogP contribution in [0.4, 0.5) is 0 Å². The zero-order valence-electron chi connectivity index (χ0n) is 14.6. The molecule has 0 unspecified atom stereocenters. The molecule has 0 amide bonds. The van der Waals surface area contributed by atoms with E-state index in [1.807, 2.05) is 24.3 Å².